The summed E-state index contributed by atoms with van der Waals surface area (Å²) in [4.78, 5) is 45.5. The summed E-state index contributed by atoms with van der Waals surface area (Å²) in [6.07, 6.45) is 19.4. The Bertz CT molecular complexity index is 590. The van der Waals surface area contributed by atoms with Gasteiger partial charge in [-0.1, -0.05) is 104 Å². The Hall–Kier alpha value is -1.92. The number of aliphatic carboxylic acids is 2. The minimum Gasteiger partial charge on any atom is -0.481 e. The standard InChI is InChI=1S/C28H51NO6/c1-23(2)25(30)22-21-24(28(34)35)29-26(31)19-17-15-13-11-9-7-5-3-4-6-8-10-12-14-16-18-20-27(32)33/h23-24H,3-22H2,1-2H3,(H,29,31)(H,32,33)(H,34,35)/t24-/m0/s1. The second-order valence-electron chi connectivity index (χ2n) is 10.2. The minimum atomic E-state index is -1.08. The molecule has 0 rings (SSSR count). The van der Waals surface area contributed by atoms with Crippen LogP contribution in [0, 0.1) is 5.92 Å². The molecule has 0 bridgehead atoms. The first-order valence-corrected chi connectivity index (χ1v) is 14.0. The first-order valence-electron chi connectivity index (χ1n) is 14.0. The molecule has 3 N–H and O–H groups in total. The summed E-state index contributed by atoms with van der Waals surface area (Å²) in [7, 11) is 0. The van der Waals surface area contributed by atoms with E-state index in [0.717, 1.165) is 38.5 Å². The molecule has 0 aromatic heterocycles. The van der Waals surface area contributed by atoms with Crippen molar-refractivity contribution in [3.8, 4) is 0 Å². The van der Waals surface area contributed by atoms with Crippen LogP contribution in [0.4, 0.5) is 0 Å². The topological polar surface area (TPSA) is 121 Å². The highest BCUT2D eigenvalue weighted by Gasteiger charge is 2.21. The first kappa shape index (κ1) is 33.1. The zero-order chi connectivity index (χ0) is 26.3. The fourth-order valence-corrected chi connectivity index (χ4v) is 4.14. The van der Waals surface area contributed by atoms with Crippen LogP contribution in [-0.2, 0) is 19.2 Å². The van der Waals surface area contributed by atoms with Gasteiger partial charge in [0.05, 0.1) is 0 Å². The van der Waals surface area contributed by atoms with Crippen LogP contribution in [-0.4, -0.2) is 39.9 Å². The molecule has 35 heavy (non-hydrogen) atoms. The second kappa shape index (κ2) is 22.5. The molecule has 0 unspecified atom stereocenters. The largest absolute Gasteiger partial charge is 0.481 e. The third-order valence-electron chi connectivity index (χ3n) is 6.50. The van der Waals surface area contributed by atoms with Crippen LogP contribution in [0.3, 0.4) is 0 Å². The highest BCUT2D eigenvalue weighted by molar-refractivity contribution is 5.85. The highest BCUT2D eigenvalue weighted by atomic mass is 16.4. The number of carboxylic acids is 2. The zero-order valence-electron chi connectivity index (χ0n) is 22.3. The van der Waals surface area contributed by atoms with Gasteiger partial charge < -0.3 is 15.5 Å². The van der Waals surface area contributed by atoms with Gasteiger partial charge in [-0.25, -0.2) is 4.79 Å². The van der Waals surface area contributed by atoms with E-state index in [-0.39, 0.29) is 30.4 Å². The van der Waals surface area contributed by atoms with Gasteiger partial charge in [0.25, 0.3) is 0 Å². The Balaban J connectivity index is 3.49. The SMILES string of the molecule is CC(C)C(=O)CC[C@H](NC(=O)CCCCCCCCCCCCCCCCCCC(=O)O)C(=O)O. The predicted octanol–water partition coefficient (Wildman–Crippen LogP) is 6.67. The van der Waals surface area contributed by atoms with E-state index in [0.29, 0.717) is 12.8 Å². The number of carbonyl (C=O) groups excluding carboxylic acids is 2. The number of carbonyl (C=O) groups is 4. The average molecular weight is 498 g/mol. The maximum absolute atomic E-state index is 12.0. The quantitative estimate of drug-likeness (QED) is 0.121. The van der Waals surface area contributed by atoms with E-state index in [2.05, 4.69) is 5.32 Å². The molecular formula is C28H51NO6. The predicted molar refractivity (Wildman–Crippen MR) is 139 cm³/mol. The van der Waals surface area contributed by atoms with Crippen LogP contribution in [0.1, 0.15) is 142 Å². The Morgan fingerprint density at radius 2 is 0.943 bits per heavy atom. The molecule has 0 heterocycles. The molecule has 7 heteroatoms. The molecule has 0 aliphatic heterocycles. The number of nitrogens with one attached hydrogen (secondary N) is 1. The molecule has 0 spiro atoms. The van der Waals surface area contributed by atoms with E-state index in [1.165, 1.54) is 64.2 Å². The van der Waals surface area contributed by atoms with E-state index >= 15 is 0 Å². The van der Waals surface area contributed by atoms with Crippen molar-refractivity contribution in [2.24, 2.45) is 5.92 Å². The molecule has 0 radical (unpaired) electrons. The molecule has 204 valence electrons. The Labute approximate surface area is 212 Å². The molecule has 0 saturated heterocycles. The monoisotopic (exact) mass is 497 g/mol. The van der Waals surface area contributed by atoms with Gasteiger partial charge >= 0.3 is 11.9 Å². The van der Waals surface area contributed by atoms with Crippen LogP contribution >= 0.6 is 0 Å². The Kier molecular flexibility index (Phi) is 21.3. The molecule has 7 nitrogen and oxygen atoms in total. The van der Waals surface area contributed by atoms with Crippen molar-refractivity contribution >= 4 is 23.6 Å². The number of unbranched alkanes of at least 4 members (excludes halogenated alkanes) is 15. The van der Waals surface area contributed by atoms with Gasteiger partial charge in [0, 0.05) is 25.2 Å². The third-order valence-corrected chi connectivity index (χ3v) is 6.50. The molecule has 1 amide bonds. The third kappa shape index (κ3) is 22.3. The van der Waals surface area contributed by atoms with Crippen LogP contribution < -0.4 is 5.32 Å². The lowest BCUT2D eigenvalue weighted by molar-refractivity contribution is -0.142. The molecule has 0 aliphatic carbocycles. The highest BCUT2D eigenvalue weighted by Crippen LogP contribution is 2.14. The first-order chi connectivity index (χ1) is 16.7. The number of amides is 1. The van der Waals surface area contributed by atoms with Crippen molar-refractivity contribution < 1.29 is 29.4 Å². The molecule has 0 aromatic rings. The maximum atomic E-state index is 12.0. The van der Waals surface area contributed by atoms with Gasteiger partial charge in [-0.3, -0.25) is 14.4 Å². The smallest absolute Gasteiger partial charge is 0.326 e. The number of hydrogen-bond donors (Lipinski definition) is 3. The van der Waals surface area contributed by atoms with Crippen molar-refractivity contribution in [1.82, 2.24) is 5.32 Å². The van der Waals surface area contributed by atoms with Crippen molar-refractivity contribution in [2.45, 2.75) is 148 Å². The fourth-order valence-electron chi connectivity index (χ4n) is 4.14. The van der Waals surface area contributed by atoms with Gasteiger partial charge in [-0.15, -0.1) is 0 Å². The van der Waals surface area contributed by atoms with Crippen molar-refractivity contribution in [2.75, 3.05) is 0 Å². The summed E-state index contributed by atoms with van der Waals surface area (Å²) in [5, 5.41) is 20.4. The normalized spacial score (nSPS) is 12.0. The lowest BCUT2D eigenvalue weighted by Crippen LogP contribution is -2.41. The van der Waals surface area contributed by atoms with Gasteiger partial charge in [0.15, 0.2) is 0 Å². The summed E-state index contributed by atoms with van der Waals surface area (Å²) >= 11 is 0. The minimum absolute atomic E-state index is 0.0174. The number of rotatable bonds is 25. The van der Waals surface area contributed by atoms with Crippen LogP contribution in [0.5, 0.6) is 0 Å². The Morgan fingerprint density at radius 1 is 0.571 bits per heavy atom. The van der Waals surface area contributed by atoms with Crippen LogP contribution in [0.25, 0.3) is 0 Å². The summed E-state index contributed by atoms with van der Waals surface area (Å²) in [6.45, 7) is 3.58. The van der Waals surface area contributed by atoms with Crippen molar-refractivity contribution in [3.63, 3.8) is 0 Å². The van der Waals surface area contributed by atoms with E-state index in [1.54, 1.807) is 13.8 Å². The summed E-state index contributed by atoms with van der Waals surface area (Å²) in [5.41, 5.74) is 0. The van der Waals surface area contributed by atoms with Crippen LogP contribution in [0.15, 0.2) is 0 Å². The van der Waals surface area contributed by atoms with Crippen molar-refractivity contribution in [3.05, 3.63) is 0 Å². The lowest BCUT2D eigenvalue weighted by atomic mass is 10.0. The number of hydrogen-bond acceptors (Lipinski definition) is 4. The maximum Gasteiger partial charge on any atom is 0.326 e. The van der Waals surface area contributed by atoms with E-state index in [1.807, 2.05) is 0 Å². The molecule has 0 saturated carbocycles. The van der Waals surface area contributed by atoms with E-state index in [4.69, 9.17) is 5.11 Å². The number of carboxylic acid groups (broad SMARTS) is 2. The molecule has 1 atom stereocenters. The number of ketones is 1. The number of Topliss-reactive ketones (excluding diaryl/α,β-unsaturated/α-hetero) is 1. The molecule has 0 aliphatic rings. The Morgan fingerprint density at radius 3 is 1.29 bits per heavy atom. The molecule has 0 aromatic carbocycles. The molecular weight excluding hydrogens is 446 g/mol. The summed E-state index contributed by atoms with van der Waals surface area (Å²) in [5.74, 6) is -2.12. The lowest BCUT2D eigenvalue weighted by Gasteiger charge is -2.14. The second-order valence-corrected chi connectivity index (χ2v) is 10.2. The van der Waals surface area contributed by atoms with Crippen molar-refractivity contribution in [1.29, 1.82) is 0 Å². The summed E-state index contributed by atoms with van der Waals surface area (Å²) in [6, 6.07) is -0.986. The van der Waals surface area contributed by atoms with Gasteiger partial charge in [-0.2, -0.15) is 0 Å². The van der Waals surface area contributed by atoms with E-state index < -0.39 is 18.0 Å². The summed E-state index contributed by atoms with van der Waals surface area (Å²) < 4.78 is 0. The van der Waals surface area contributed by atoms with Gasteiger partial charge in [0.1, 0.15) is 11.8 Å². The zero-order valence-corrected chi connectivity index (χ0v) is 22.3. The average Bonchev–Trinajstić information content (AvgIpc) is 2.80. The van der Waals surface area contributed by atoms with Gasteiger partial charge in [0.2, 0.25) is 5.91 Å². The van der Waals surface area contributed by atoms with Gasteiger partial charge in [-0.05, 0) is 19.3 Å². The molecule has 0 fully saturated rings. The fraction of sp³-hybridized carbons (Fsp3) is 0.857. The van der Waals surface area contributed by atoms with Crippen LogP contribution in [0.2, 0.25) is 0 Å². The van der Waals surface area contributed by atoms with E-state index in [9.17, 15) is 24.3 Å².